The van der Waals surface area contributed by atoms with E-state index in [-0.39, 0.29) is 24.4 Å². The average Bonchev–Trinajstić information content (AvgIpc) is 2.94. The highest BCUT2D eigenvalue weighted by Crippen LogP contribution is 2.16. The zero-order chi connectivity index (χ0) is 16.8. The molecule has 132 valence electrons. The number of carbonyl (C=O) groups excluding carboxylic acids is 1. The summed E-state index contributed by atoms with van der Waals surface area (Å²) in [6.07, 6.45) is 0. The predicted molar refractivity (Wildman–Crippen MR) is 95.4 cm³/mol. The Kier molecular flexibility index (Phi) is 7.67. The molecule has 7 nitrogen and oxygen atoms in total. The van der Waals surface area contributed by atoms with E-state index in [1.54, 1.807) is 11.8 Å². The molecule has 0 bridgehead atoms. The van der Waals surface area contributed by atoms with E-state index in [0.29, 0.717) is 17.9 Å². The maximum atomic E-state index is 12.2. The number of methoxy groups -OCH3 is 1. The molecular formula is C16H24ClN5O2. The Bertz CT molecular complexity index is 657. The number of hydrogen-bond acceptors (Lipinski definition) is 5. The third-order valence-corrected chi connectivity index (χ3v) is 3.55. The molecule has 24 heavy (non-hydrogen) atoms. The van der Waals surface area contributed by atoms with Crippen LogP contribution in [0.4, 0.5) is 0 Å². The molecule has 0 unspecified atom stereocenters. The van der Waals surface area contributed by atoms with E-state index >= 15 is 0 Å². The van der Waals surface area contributed by atoms with Crippen LogP contribution >= 0.6 is 12.4 Å². The van der Waals surface area contributed by atoms with Gasteiger partial charge in [0.15, 0.2) is 5.69 Å². The summed E-state index contributed by atoms with van der Waals surface area (Å²) in [7, 11) is 1.62. The van der Waals surface area contributed by atoms with Crippen molar-refractivity contribution in [2.75, 3.05) is 20.2 Å². The third kappa shape index (κ3) is 4.69. The van der Waals surface area contributed by atoms with Crippen LogP contribution in [-0.2, 0) is 0 Å². The lowest BCUT2D eigenvalue weighted by Gasteiger charge is -2.12. The minimum absolute atomic E-state index is 0. The molecule has 2 aromatic rings. The van der Waals surface area contributed by atoms with Crippen LogP contribution in [0.5, 0.6) is 5.75 Å². The lowest BCUT2D eigenvalue weighted by Crippen LogP contribution is -2.39. The highest BCUT2D eigenvalue weighted by atomic mass is 35.5. The summed E-state index contributed by atoms with van der Waals surface area (Å²) in [6, 6.07) is 7.63. The van der Waals surface area contributed by atoms with Gasteiger partial charge in [-0.3, -0.25) is 4.79 Å². The molecule has 0 spiro atoms. The average molecular weight is 354 g/mol. The minimum atomic E-state index is -0.216. The predicted octanol–water partition coefficient (Wildman–Crippen LogP) is 1.73. The number of hydrogen-bond donors (Lipinski definition) is 2. The van der Waals surface area contributed by atoms with Crippen molar-refractivity contribution in [2.24, 2.45) is 0 Å². The molecule has 0 aliphatic rings. The van der Waals surface area contributed by atoms with E-state index in [2.05, 4.69) is 20.9 Å². The molecule has 1 amide bonds. The quantitative estimate of drug-likeness (QED) is 0.792. The molecule has 1 aromatic heterocycles. The number of amides is 1. The number of nitrogens with one attached hydrogen (secondary N) is 2. The highest BCUT2D eigenvalue weighted by molar-refractivity contribution is 5.93. The summed E-state index contributed by atoms with van der Waals surface area (Å²) in [5.74, 6) is 0.550. The van der Waals surface area contributed by atoms with Crippen LogP contribution in [-0.4, -0.2) is 47.1 Å². The van der Waals surface area contributed by atoms with Gasteiger partial charge < -0.3 is 15.4 Å². The van der Waals surface area contributed by atoms with Crippen LogP contribution in [0.1, 0.15) is 30.0 Å². The lowest BCUT2D eigenvalue weighted by atomic mass is 10.2. The second-order valence-electron chi connectivity index (χ2n) is 5.30. The summed E-state index contributed by atoms with van der Waals surface area (Å²) in [5, 5.41) is 14.2. The normalized spacial score (nSPS) is 11.5. The number of benzene rings is 1. The Morgan fingerprint density at radius 1 is 1.33 bits per heavy atom. The molecule has 1 heterocycles. The van der Waals surface area contributed by atoms with E-state index in [1.807, 2.05) is 45.0 Å². The molecule has 8 heteroatoms. The summed E-state index contributed by atoms with van der Waals surface area (Å²) < 4.78 is 6.78. The van der Waals surface area contributed by atoms with Crippen molar-refractivity contribution in [3.05, 3.63) is 35.7 Å². The van der Waals surface area contributed by atoms with Gasteiger partial charge in [0.1, 0.15) is 5.75 Å². The van der Waals surface area contributed by atoms with E-state index in [9.17, 15) is 4.79 Å². The first-order valence-electron chi connectivity index (χ1n) is 7.65. The first-order chi connectivity index (χ1) is 11.1. The molecule has 0 saturated heterocycles. The lowest BCUT2D eigenvalue weighted by molar-refractivity contribution is 0.0944. The van der Waals surface area contributed by atoms with Crippen LogP contribution in [0.15, 0.2) is 24.3 Å². The first kappa shape index (κ1) is 19.9. The standard InChI is InChI=1S/C16H23N5O2.ClH/c1-5-17-11(2)10-18-16(22)15-12(3)21(20-19-15)13-6-8-14(23-4)9-7-13;/h6-9,11,17H,5,10H2,1-4H3,(H,18,22);1H/t11-;/m1./s1. The first-order valence-corrected chi connectivity index (χ1v) is 7.65. The van der Waals surface area contributed by atoms with Gasteiger partial charge in [-0.25, -0.2) is 4.68 Å². The van der Waals surface area contributed by atoms with Crippen molar-refractivity contribution in [1.82, 2.24) is 25.6 Å². The molecule has 1 aromatic carbocycles. The van der Waals surface area contributed by atoms with Gasteiger partial charge in [-0.05, 0) is 44.7 Å². The number of carbonyl (C=O) groups is 1. The van der Waals surface area contributed by atoms with Gasteiger partial charge in [0.2, 0.25) is 0 Å². The maximum absolute atomic E-state index is 12.2. The van der Waals surface area contributed by atoms with Crippen LogP contribution in [0.25, 0.3) is 5.69 Å². The molecule has 2 N–H and O–H groups in total. The molecule has 0 radical (unpaired) electrons. The van der Waals surface area contributed by atoms with Gasteiger partial charge in [0.25, 0.3) is 5.91 Å². The number of ether oxygens (including phenoxy) is 1. The van der Waals surface area contributed by atoms with Gasteiger partial charge >= 0.3 is 0 Å². The van der Waals surface area contributed by atoms with E-state index in [0.717, 1.165) is 18.0 Å². The van der Waals surface area contributed by atoms with Crippen molar-refractivity contribution in [3.8, 4) is 11.4 Å². The van der Waals surface area contributed by atoms with Crippen molar-refractivity contribution >= 4 is 18.3 Å². The number of halogens is 1. The molecule has 0 aliphatic heterocycles. The fourth-order valence-corrected chi connectivity index (χ4v) is 2.26. The second-order valence-corrected chi connectivity index (χ2v) is 5.30. The molecule has 0 fully saturated rings. The fraction of sp³-hybridized carbons (Fsp3) is 0.438. The van der Waals surface area contributed by atoms with E-state index in [1.165, 1.54) is 0 Å². The Morgan fingerprint density at radius 2 is 2.00 bits per heavy atom. The Morgan fingerprint density at radius 3 is 2.58 bits per heavy atom. The summed E-state index contributed by atoms with van der Waals surface area (Å²) in [5.41, 5.74) is 1.86. The fourth-order valence-electron chi connectivity index (χ4n) is 2.26. The number of nitrogens with zero attached hydrogens (tertiary/aromatic N) is 3. The van der Waals surface area contributed by atoms with E-state index < -0.39 is 0 Å². The van der Waals surface area contributed by atoms with Gasteiger partial charge in [-0.1, -0.05) is 12.1 Å². The number of aromatic nitrogens is 3. The van der Waals surface area contributed by atoms with Crippen LogP contribution in [0.2, 0.25) is 0 Å². The van der Waals surface area contributed by atoms with Gasteiger partial charge in [-0.15, -0.1) is 17.5 Å². The molecule has 0 aliphatic carbocycles. The van der Waals surface area contributed by atoms with Crippen molar-refractivity contribution in [1.29, 1.82) is 0 Å². The zero-order valence-electron chi connectivity index (χ0n) is 14.4. The highest BCUT2D eigenvalue weighted by Gasteiger charge is 2.17. The number of likely N-dealkylation sites (N-methyl/N-ethyl adjacent to an activating group) is 1. The third-order valence-electron chi connectivity index (χ3n) is 3.55. The summed E-state index contributed by atoms with van der Waals surface area (Å²) in [4.78, 5) is 12.2. The second kappa shape index (κ2) is 9.24. The topological polar surface area (TPSA) is 81.1 Å². The Labute approximate surface area is 148 Å². The van der Waals surface area contributed by atoms with Gasteiger partial charge in [0.05, 0.1) is 18.5 Å². The zero-order valence-corrected chi connectivity index (χ0v) is 15.2. The van der Waals surface area contributed by atoms with Crippen molar-refractivity contribution < 1.29 is 9.53 Å². The van der Waals surface area contributed by atoms with Gasteiger partial charge in [0, 0.05) is 12.6 Å². The summed E-state index contributed by atoms with van der Waals surface area (Å²) in [6.45, 7) is 7.28. The molecule has 1 atom stereocenters. The smallest absolute Gasteiger partial charge is 0.273 e. The summed E-state index contributed by atoms with van der Waals surface area (Å²) >= 11 is 0. The SMILES string of the molecule is CCN[C@H](C)CNC(=O)c1nnn(-c2ccc(OC)cc2)c1C.Cl. The molecule has 2 rings (SSSR count). The van der Waals surface area contributed by atoms with E-state index in [4.69, 9.17) is 4.74 Å². The minimum Gasteiger partial charge on any atom is -0.497 e. The molecule has 0 saturated carbocycles. The number of rotatable bonds is 7. The van der Waals surface area contributed by atoms with Crippen molar-refractivity contribution in [2.45, 2.75) is 26.8 Å². The molecular weight excluding hydrogens is 330 g/mol. The van der Waals surface area contributed by atoms with Crippen LogP contribution < -0.4 is 15.4 Å². The van der Waals surface area contributed by atoms with Gasteiger partial charge in [-0.2, -0.15) is 0 Å². The van der Waals surface area contributed by atoms with Crippen LogP contribution in [0, 0.1) is 6.92 Å². The maximum Gasteiger partial charge on any atom is 0.273 e. The Hall–Kier alpha value is -2.12. The monoisotopic (exact) mass is 353 g/mol. The Balaban J connectivity index is 0.00000288. The van der Waals surface area contributed by atoms with Crippen LogP contribution in [0.3, 0.4) is 0 Å². The largest absolute Gasteiger partial charge is 0.497 e. The van der Waals surface area contributed by atoms with Crippen molar-refractivity contribution in [3.63, 3.8) is 0 Å².